The second-order valence-electron chi connectivity index (χ2n) is 4.61. The van der Waals surface area contributed by atoms with Crippen LogP contribution < -0.4 is 0 Å². The van der Waals surface area contributed by atoms with Crippen LogP contribution in [0, 0.1) is 18.3 Å². The number of aryl methyl sites for hydroxylation is 1. The zero-order chi connectivity index (χ0) is 15.7. The second-order valence-corrected chi connectivity index (χ2v) is 5.53. The fourth-order valence-corrected chi connectivity index (χ4v) is 3.00. The lowest BCUT2D eigenvalue weighted by atomic mass is 10.1. The molecule has 0 fully saturated rings. The fourth-order valence-electron chi connectivity index (χ4n) is 2.05. The first kappa shape index (κ1) is 14.0. The van der Waals surface area contributed by atoms with Crippen molar-refractivity contribution in [1.82, 2.24) is 14.8 Å². The lowest BCUT2D eigenvalue weighted by molar-refractivity contribution is 0.0697. The highest BCUT2D eigenvalue weighted by Gasteiger charge is 2.13. The van der Waals surface area contributed by atoms with Gasteiger partial charge in [-0.15, -0.1) is 11.3 Å². The van der Waals surface area contributed by atoms with Crippen molar-refractivity contribution in [3.05, 3.63) is 52.8 Å². The standard InChI is InChI=1S/C15H10N4O2S/c1-9-2-3-22-14(9)12-7-17-13(4-10(12)5-16)19-8-11(6-18-19)15(20)21/h2-4,6-8H,1H3,(H,20,21). The van der Waals surface area contributed by atoms with Crippen molar-refractivity contribution in [3.8, 4) is 22.3 Å². The molecule has 0 unspecified atom stereocenters. The van der Waals surface area contributed by atoms with Crippen molar-refractivity contribution < 1.29 is 9.90 Å². The normalized spacial score (nSPS) is 10.4. The topological polar surface area (TPSA) is 91.8 Å². The number of carboxylic acids is 1. The molecule has 1 N–H and O–H groups in total. The molecule has 3 aromatic rings. The summed E-state index contributed by atoms with van der Waals surface area (Å²) in [5.74, 6) is -0.653. The van der Waals surface area contributed by atoms with Crippen molar-refractivity contribution in [2.75, 3.05) is 0 Å². The van der Waals surface area contributed by atoms with E-state index in [1.807, 2.05) is 18.4 Å². The molecule has 0 radical (unpaired) electrons. The summed E-state index contributed by atoms with van der Waals surface area (Å²) >= 11 is 1.55. The van der Waals surface area contributed by atoms with E-state index in [2.05, 4.69) is 16.2 Å². The van der Waals surface area contributed by atoms with Crippen LogP contribution in [0.2, 0.25) is 0 Å². The highest BCUT2D eigenvalue weighted by molar-refractivity contribution is 7.13. The molecular formula is C15H10N4O2S. The van der Waals surface area contributed by atoms with Crippen LogP contribution in [0.25, 0.3) is 16.3 Å². The molecule has 0 bridgehead atoms. The van der Waals surface area contributed by atoms with E-state index >= 15 is 0 Å². The Balaban J connectivity index is 2.07. The number of nitrogens with zero attached hydrogens (tertiary/aromatic N) is 4. The minimum absolute atomic E-state index is 0.0680. The van der Waals surface area contributed by atoms with E-state index in [0.717, 1.165) is 16.0 Å². The first-order valence-electron chi connectivity index (χ1n) is 6.33. The van der Waals surface area contributed by atoms with Crippen LogP contribution in [0.3, 0.4) is 0 Å². The SMILES string of the molecule is Cc1ccsc1-c1cnc(-n2cc(C(=O)O)cn2)cc1C#N. The molecule has 108 valence electrons. The highest BCUT2D eigenvalue weighted by atomic mass is 32.1. The predicted octanol–water partition coefficient (Wildman–Crippen LogP) is 2.87. The van der Waals surface area contributed by atoms with Gasteiger partial charge in [-0.3, -0.25) is 0 Å². The maximum Gasteiger partial charge on any atom is 0.338 e. The number of rotatable bonds is 3. The minimum Gasteiger partial charge on any atom is -0.478 e. The number of nitriles is 1. The number of carbonyl (C=O) groups is 1. The van der Waals surface area contributed by atoms with Crippen molar-refractivity contribution >= 4 is 17.3 Å². The number of pyridine rings is 1. The molecule has 0 spiro atoms. The van der Waals surface area contributed by atoms with Crippen LogP contribution in [-0.4, -0.2) is 25.8 Å². The molecule has 0 saturated heterocycles. The molecular weight excluding hydrogens is 300 g/mol. The lowest BCUT2D eigenvalue weighted by Gasteiger charge is -2.06. The Kier molecular flexibility index (Phi) is 3.45. The second kappa shape index (κ2) is 5.42. The van der Waals surface area contributed by atoms with Crippen LogP contribution in [0.4, 0.5) is 0 Å². The monoisotopic (exact) mass is 310 g/mol. The average Bonchev–Trinajstić information content (AvgIpc) is 3.15. The molecule has 7 heteroatoms. The van der Waals surface area contributed by atoms with E-state index in [9.17, 15) is 10.1 Å². The van der Waals surface area contributed by atoms with Gasteiger partial charge in [0.1, 0.15) is 0 Å². The molecule has 0 aliphatic rings. The van der Waals surface area contributed by atoms with E-state index in [1.54, 1.807) is 23.6 Å². The third-order valence-electron chi connectivity index (χ3n) is 3.18. The molecule has 0 aliphatic heterocycles. The van der Waals surface area contributed by atoms with E-state index in [1.165, 1.54) is 17.1 Å². The molecule has 0 aromatic carbocycles. The van der Waals surface area contributed by atoms with Gasteiger partial charge < -0.3 is 5.11 Å². The van der Waals surface area contributed by atoms with Crippen molar-refractivity contribution in [3.63, 3.8) is 0 Å². The molecule has 0 amide bonds. The van der Waals surface area contributed by atoms with Crippen LogP contribution >= 0.6 is 11.3 Å². The van der Waals surface area contributed by atoms with Gasteiger partial charge in [-0.2, -0.15) is 10.4 Å². The number of aromatic nitrogens is 3. The van der Waals surface area contributed by atoms with E-state index < -0.39 is 5.97 Å². The Labute approximate surface area is 129 Å². The van der Waals surface area contributed by atoms with Gasteiger partial charge in [0.15, 0.2) is 5.82 Å². The van der Waals surface area contributed by atoms with Gasteiger partial charge in [0.05, 0.1) is 23.4 Å². The van der Waals surface area contributed by atoms with Gasteiger partial charge in [0.2, 0.25) is 0 Å². The van der Waals surface area contributed by atoms with Crippen LogP contribution in [0.15, 0.2) is 36.1 Å². The van der Waals surface area contributed by atoms with E-state index in [-0.39, 0.29) is 5.56 Å². The zero-order valence-corrected chi connectivity index (χ0v) is 12.3. The summed E-state index contributed by atoms with van der Waals surface area (Å²) in [6.45, 7) is 1.98. The smallest absolute Gasteiger partial charge is 0.338 e. The maximum atomic E-state index is 10.9. The van der Waals surface area contributed by atoms with Crippen molar-refractivity contribution in [1.29, 1.82) is 5.26 Å². The first-order valence-corrected chi connectivity index (χ1v) is 7.21. The number of aromatic carboxylic acids is 1. The highest BCUT2D eigenvalue weighted by Crippen LogP contribution is 2.31. The molecule has 0 atom stereocenters. The van der Waals surface area contributed by atoms with E-state index in [0.29, 0.717) is 11.4 Å². The quantitative estimate of drug-likeness (QED) is 0.803. The summed E-state index contributed by atoms with van der Waals surface area (Å²) in [4.78, 5) is 16.2. The third kappa shape index (κ3) is 2.36. The molecule has 22 heavy (non-hydrogen) atoms. The van der Waals surface area contributed by atoms with Crippen molar-refractivity contribution in [2.24, 2.45) is 0 Å². The van der Waals surface area contributed by atoms with Gasteiger partial charge in [-0.05, 0) is 23.9 Å². The Hall–Kier alpha value is -2.98. The minimum atomic E-state index is -1.06. The fraction of sp³-hybridized carbons (Fsp3) is 0.0667. The first-order chi connectivity index (χ1) is 10.6. The Morgan fingerprint density at radius 2 is 2.27 bits per heavy atom. The summed E-state index contributed by atoms with van der Waals surface area (Å²) in [5, 5.41) is 24.2. The van der Waals surface area contributed by atoms with Gasteiger partial charge in [0, 0.05) is 28.9 Å². The third-order valence-corrected chi connectivity index (χ3v) is 4.23. The Morgan fingerprint density at radius 3 is 2.86 bits per heavy atom. The van der Waals surface area contributed by atoms with Gasteiger partial charge in [-0.25, -0.2) is 14.5 Å². The molecule has 3 aromatic heterocycles. The summed E-state index contributed by atoms with van der Waals surface area (Å²) in [5.41, 5.74) is 2.40. The Morgan fingerprint density at radius 1 is 1.45 bits per heavy atom. The molecule has 6 nitrogen and oxygen atoms in total. The number of carboxylic acid groups (broad SMARTS) is 1. The van der Waals surface area contributed by atoms with Crippen LogP contribution in [0.5, 0.6) is 0 Å². The molecule has 3 heterocycles. The van der Waals surface area contributed by atoms with Gasteiger partial charge in [0.25, 0.3) is 0 Å². The predicted molar refractivity (Wildman–Crippen MR) is 81.1 cm³/mol. The summed E-state index contributed by atoms with van der Waals surface area (Å²) in [6, 6.07) is 5.75. The summed E-state index contributed by atoms with van der Waals surface area (Å²) in [7, 11) is 0. The largest absolute Gasteiger partial charge is 0.478 e. The zero-order valence-electron chi connectivity index (χ0n) is 11.5. The van der Waals surface area contributed by atoms with E-state index in [4.69, 9.17) is 5.11 Å². The van der Waals surface area contributed by atoms with Gasteiger partial charge in [-0.1, -0.05) is 0 Å². The molecule has 0 aliphatic carbocycles. The molecule has 3 rings (SSSR count). The number of hydrogen-bond acceptors (Lipinski definition) is 5. The Bertz CT molecular complexity index is 904. The summed E-state index contributed by atoms with van der Waals surface area (Å²) in [6.07, 6.45) is 4.23. The lowest BCUT2D eigenvalue weighted by Crippen LogP contribution is -2.00. The molecule has 0 saturated carbocycles. The average molecular weight is 310 g/mol. The number of thiophene rings is 1. The van der Waals surface area contributed by atoms with Crippen molar-refractivity contribution in [2.45, 2.75) is 6.92 Å². The summed E-state index contributed by atoms with van der Waals surface area (Å²) < 4.78 is 1.34. The van der Waals surface area contributed by atoms with Gasteiger partial charge >= 0.3 is 5.97 Å². The van der Waals surface area contributed by atoms with Crippen LogP contribution in [0.1, 0.15) is 21.5 Å². The van der Waals surface area contributed by atoms with Crippen LogP contribution in [-0.2, 0) is 0 Å². The maximum absolute atomic E-state index is 10.9. The number of hydrogen-bond donors (Lipinski definition) is 1.